The number of rotatable bonds is 4. The molecular formula is C19H17Cl2N3O2. The summed E-state index contributed by atoms with van der Waals surface area (Å²) < 4.78 is 5.77. The molecule has 134 valence electrons. The molecule has 1 N–H and O–H groups in total. The minimum absolute atomic E-state index is 0.228. The first-order chi connectivity index (χ1) is 12.5. The van der Waals surface area contributed by atoms with E-state index in [0.717, 1.165) is 16.7 Å². The third kappa shape index (κ3) is 3.23. The maximum atomic E-state index is 10.5. The Hall–Kier alpha value is -1.92. The fourth-order valence-electron chi connectivity index (χ4n) is 3.49. The van der Waals surface area contributed by atoms with Crippen LogP contribution in [0.25, 0.3) is 11.5 Å². The molecule has 0 radical (unpaired) electrons. The maximum absolute atomic E-state index is 10.5. The number of hydrogen-bond acceptors (Lipinski definition) is 5. The molecule has 2 aromatic carbocycles. The van der Waals surface area contributed by atoms with E-state index in [1.165, 1.54) is 0 Å². The van der Waals surface area contributed by atoms with Gasteiger partial charge in [0.2, 0.25) is 11.8 Å². The quantitative estimate of drug-likeness (QED) is 0.726. The van der Waals surface area contributed by atoms with Gasteiger partial charge in [0.05, 0.1) is 18.7 Å². The second kappa shape index (κ2) is 7.00. The highest BCUT2D eigenvalue weighted by molar-refractivity contribution is 6.35. The third-order valence-corrected chi connectivity index (χ3v) is 5.19. The fraction of sp³-hybridized carbons (Fsp3) is 0.263. The van der Waals surface area contributed by atoms with Gasteiger partial charge < -0.3 is 9.52 Å². The Bertz CT molecular complexity index is 930. The average Bonchev–Trinajstić information content (AvgIpc) is 3.20. The van der Waals surface area contributed by atoms with Gasteiger partial charge >= 0.3 is 0 Å². The van der Waals surface area contributed by atoms with Crippen molar-refractivity contribution in [1.29, 1.82) is 0 Å². The van der Waals surface area contributed by atoms with E-state index in [1.54, 1.807) is 6.07 Å². The minimum atomic E-state index is -0.567. The van der Waals surface area contributed by atoms with Gasteiger partial charge in [-0.2, -0.15) is 0 Å². The lowest BCUT2D eigenvalue weighted by atomic mass is 10.1. The Labute approximate surface area is 161 Å². The molecule has 1 aliphatic rings. The molecular weight excluding hydrogens is 373 g/mol. The molecule has 3 aromatic rings. The van der Waals surface area contributed by atoms with Crippen molar-refractivity contribution in [3.05, 3.63) is 69.5 Å². The van der Waals surface area contributed by atoms with Crippen molar-refractivity contribution < 1.29 is 9.52 Å². The smallest absolute Gasteiger partial charge is 0.247 e. The van der Waals surface area contributed by atoms with Crippen LogP contribution in [0.2, 0.25) is 10.0 Å². The lowest BCUT2D eigenvalue weighted by Gasteiger charge is -2.26. The van der Waals surface area contributed by atoms with Crippen LogP contribution < -0.4 is 0 Å². The summed E-state index contributed by atoms with van der Waals surface area (Å²) in [7, 11) is 1.91. The monoisotopic (exact) mass is 389 g/mol. The zero-order valence-electron chi connectivity index (χ0n) is 14.1. The molecule has 1 aromatic heterocycles. The van der Waals surface area contributed by atoms with Crippen LogP contribution in [0.4, 0.5) is 0 Å². The molecule has 0 saturated carbocycles. The predicted molar refractivity (Wildman–Crippen MR) is 100 cm³/mol. The topological polar surface area (TPSA) is 62.4 Å². The molecule has 7 heteroatoms. The first-order valence-electron chi connectivity index (χ1n) is 8.27. The molecule has 1 aliphatic carbocycles. The zero-order valence-corrected chi connectivity index (χ0v) is 15.6. The summed E-state index contributed by atoms with van der Waals surface area (Å²) in [6, 6.07) is 13.0. The van der Waals surface area contributed by atoms with Gasteiger partial charge in [-0.25, -0.2) is 0 Å². The molecule has 1 heterocycles. The van der Waals surface area contributed by atoms with E-state index in [-0.39, 0.29) is 6.04 Å². The van der Waals surface area contributed by atoms with Crippen LogP contribution in [0.5, 0.6) is 0 Å². The van der Waals surface area contributed by atoms with Gasteiger partial charge in [-0.15, -0.1) is 10.2 Å². The van der Waals surface area contributed by atoms with Crippen LogP contribution in [0.3, 0.4) is 0 Å². The second-order valence-electron chi connectivity index (χ2n) is 6.45. The molecule has 0 saturated heterocycles. The van der Waals surface area contributed by atoms with E-state index < -0.39 is 6.10 Å². The van der Waals surface area contributed by atoms with Crippen LogP contribution >= 0.6 is 23.2 Å². The van der Waals surface area contributed by atoms with E-state index in [2.05, 4.69) is 10.2 Å². The largest absolute Gasteiger partial charge is 0.419 e. The number of hydrogen-bond donors (Lipinski definition) is 1. The van der Waals surface area contributed by atoms with Crippen LogP contribution in [-0.2, 0) is 13.0 Å². The van der Waals surface area contributed by atoms with Gasteiger partial charge in [0.15, 0.2) is 0 Å². The molecule has 0 bridgehead atoms. The SMILES string of the molecule is CN(Cc1nnc(-c2ccccc2)o1)[C@H]1c2cc(Cl)cc(Cl)c2C[C@@H]1O. The summed E-state index contributed by atoms with van der Waals surface area (Å²) >= 11 is 12.4. The number of likely N-dealkylation sites (N-methyl/N-ethyl adjacent to an activating group) is 1. The van der Waals surface area contributed by atoms with Gasteiger partial charge in [-0.3, -0.25) is 4.90 Å². The Balaban J connectivity index is 1.56. The van der Waals surface area contributed by atoms with Crippen molar-refractivity contribution >= 4 is 23.2 Å². The van der Waals surface area contributed by atoms with E-state index in [4.69, 9.17) is 27.6 Å². The van der Waals surface area contributed by atoms with Crippen molar-refractivity contribution in [2.75, 3.05) is 7.05 Å². The van der Waals surface area contributed by atoms with Crippen LogP contribution in [0.1, 0.15) is 23.1 Å². The number of aliphatic hydroxyl groups excluding tert-OH is 1. The van der Waals surface area contributed by atoms with Crippen LogP contribution in [0.15, 0.2) is 46.9 Å². The molecule has 0 spiro atoms. The first kappa shape index (κ1) is 17.5. The standard InChI is InChI=1S/C19H17Cl2N3O2/c1-24(10-17-22-23-19(26-17)11-5-3-2-4-6-11)18-14-7-12(20)8-15(21)13(14)9-16(18)25/h2-8,16,18,25H,9-10H2,1H3/t16-,18-/m0/s1. The van der Waals surface area contributed by atoms with Crippen LogP contribution in [0, 0.1) is 0 Å². The Kier molecular flexibility index (Phi) is 4.71. The molecule has 0 aliphatic heterocycles. The molecule has 4 rings (SSSR count). The summed E-state index contributed by atoms with van der Waals surface area (Å²) in [6.07, 6.45) is -0.0677. The lowest BCUT2D eigenvalue weighted by molar-refractivity contribution is 0.0680. The van der Waals surface area contributed by atoms with E-state index in [9.17, 15) is 5.11 Å². The lowest BCUT2D eigenvalue weighted by Crippen LogP contribution is -2.30. The Morgan fingerprint density at radius 1 is 1.19 bits per heavy atom. The van der Waals surface area contributed by atoms with E-state index in [0.29, 0.717) is 34.8 Å². The Morgan fingerprint density at radius 2 is 1.96 bits per heavy atom. The molecule has 0 amide bonds. The normalized spacial score (nSPS) is 19.1. The second-order valence-corrected chi connectivity index (χ2v) is 7.30. The number of fused-ring (bicyclic) bond motifs is 1. The molecule has 0 unspecified atom stereocenters. The summed E-state index contributed by atoms with van der Waals surface area (Å²) in [4.78, 5) is 1.98. The highest BCUT2D eigenvalue weighted by Crippen LogP contribution is 2.41. The maximum Gasteiger partial charge on any atom is 0.247 e. The van der Waals surface area contributed by atoms with E-state index in [1.807, 2.05) is 48.3 Å². The van der Waals surface area contributed by atoms with Crippen molar-refractivity contribution in [2.24, 2.45) is 0 Å². The minimum Gasteiger partial charge on any atom is -0.419 e. The van der Waals surface area contributed by atoms with Crippen molar-refractivity contribution in [2.45, 2.75) is 25.1 Å². The zero-order chi connectivity index (χ0) is 18.3. The number of benzene rings is 2. The number of aromatic nitrogens is 2. The van der Waals surface area contributed by atoms with Gasteiger partial charge in [0, 0.05) is 22.0 Å². The Morgan fingerprint density at radius 3 is 2.73 bits per heavy atom. The molecule has 0 fully saturated rings. The highest BCUT2D eigenvalue weighted by atomic mass is 35.5. The first-order valence-corrected chi connectivity index (χ1v) is 9.02. The highest BCUT2D eigenvalue weighted by Gasteiger charge is 2.36. The third-order valence-electron chi connectivity index (χ3n) is 4.64. The summed E-state index contributed by atoms with van der Waals surface area (Å²) in [5.41, 5.74) is 2.76. The van der Waals surface area contributed by atoms with Gasteiger partial charge in [0.1, 0.15) is 0 Å². The van der Waals surface area contributed by atoms with Crippen molar-refractivity contribution in [3.63, 3.8) is 0 Å². The summed E-state index contributed by atoms with van der Waals surface area (Å²) in [5.74, 6) is 0.965. The fourth-order valence-corrected chi connectivity index (χ4v) is 4.07. The van der Waals surface area contributed by atoms with Crippen molar-refractivity contribution in [1.82, 2.24) is 15.1 Å². The van der Waals surface area contributed by atoms with E-state index >= 15 is 0 Å². The molecule has 5 nitrogen and oxygen atoms in total. The van der Waals surface area contributed by atoms with Gasteiger partial charge in [0.25, 0.3) is 0 Å². The molecule has 26 heavy (non-hydrogen) atoms. The predicted octanol–water partition coefficient (Wildman–Crippen LogP) is 4.13. The van der Waals surface area contributed by atoms with Crippen molar-refractivity contribution in [3.8, 4) is 11.5 Å². The van der Waals surface area contributed by atoms with Crippen LogP contribution in [-0.4, -0.2) is 33.4 Å². The average molecular weight is 390 g/mol. The number of halogens is 2. The summed E-state index contributed by atoms with van der Waals surface area (Å²) in [6.45, 7) is 0.408. The number of nitrogens with zero attached hydrogens (tertiary/aromatic N) is 3. The molecule has 2 atom stereocenters. The van der Waals surface area contributed by atoms with Gasteiger partial charge in [-0.05, 0) is 42.4 Å². The number of aliphatic hydroxyl groups is 1. The van der Waals surface area contributed by atoms with Gasteiger partial charge in [-0.1, -0.05) is 41.4 Å². The summed E-state index contributed by atoms with van der Waals surface area (Å²) in [5, 5.41) is 19.9.